The molecule has 1 saturated heterocycles. The molecule has 3 heteroatoms. The van der Waals surface area contributed by atoms with E-state index in [2.05, 4.69) is 53.1 Å². The lowest BCUT2D eigenvalue weighted by Gasteiger charge is -2.39. The summed E-state index contributed by atoms with van der Waals surface area (Å²) in [6, 6.07) is 17.9. The Hall–Kier alpha value is -2.13. The van der Waals surface area contributed by atoms with Gasteiger partial charge in [-0.05, 0) is 61.1 Å². The summed E-state index contributed by atoms with van der Waals surface area (Å²) in [5.41, 5.74) is 4.94. The lowest BCUT2D eigenvalue weighted by Crippen LogP contribution is -2.47. The highest BCUT2D eigenvalue weighted by molar-refractivity contribution is 5.75. The molecule has 2 aliphatic rings. The number of piperazine rings is 1. The van der Waals surface area contributed by atoms with Crippen LogP contribution in [0, 0.1) is 0 Å². The van der Waals surface area contributed by atoms with Crippen molar-refractivity contribution in [3.63, 3.8) is 0 Å². The number of rotatable bonds is 5. The van der Waals surface area contributed by atoms with Gasteiger partial charge < -0.3 is 4.90 Å². The summed E-state index contributed by atoms with van der Waals surface area (Å²) in [5, 5.41) is 0. The fraction of sp³-hybridized carbons (Fsp3) is 0.480. The van der Waals surface area contributed by atoms with Crippen molar-refractivity contribution in [3.05, 3.63) is 65.2 Å². The van der Waals surface area contributed by atoms with Crippen molar-refractivity contribution in [2.24, 2.45) is 0 Å². The number of hydrogen-bond acceptors (Lipinski definition) is 3. The molecule has 1 aliphatic carbocycles. The van der Waals surface area contributed by atoms with Gasteiger partial charge in [0, 0.05) is 43.5 Å². The minimum Gasteiger partial charge on any atom is -0.369 e. The summed E-state index contributed by atoms with van der Waals surface area (Å²) in [4.78, 5) is 15.8. The molecule has 1 atom stereocenters. The van der Waals surface area contributed by atoms with Crippen LogP contribution in [0.1, 0.15) is 72.5 Å². The summed E-state index contributed by atoms with van der Waals surface area (Å²) < 4.78 is 0. The number of benzene rings is 2. The first-order valence-electron chi connectivity index (χ1n) is 10.9. The molecule has 2 fully saturated rings. The Labute approximate surface area is 169 Å². The van der Waals surface area contributed by atoms with Gasteiger partial charge >= 0.3 is 0 Å². The van der Waals surface area contributed by atoms with Crippen molar-refractivity contribution in [1.29, 1.82) is 0 Å². The molecule has 1 unspecified atom stereocenters. The van der Waals surface area contributed by atoms with Gasteiger partial charge in [-0.3, -0.25) is 9.69 Å². The van der Waals surface area contributed by atoms with Crippen LogP contribution in [0.5, 0.6) is 0 Å². The number of nitrogens with zero attached hydrogens (tertiary/aromatic N) is 2. The molecule has 1 heterocycles. The SMILES string of the molecule is CC(c1ccc(C2CCCCC2)cc1)N1CCN(c2ccc(C=O)cc2)CC1. The Bertz CT molecular complexity index is 754. The minimum absolute atomic E-state index is 0.458. The molecule has 1 aliphatic heterocycles. The molecule has 0 aromatic heterocycles. The Balaban J connectivity index is 1.34. The first kappa shape index (κ1) is 19.2. The average molecular weight is 377 g/mol. The van der Waals surface area contributed by atoms with E-state index in [0.717, 1.165) is 43.9 Å². The molecule has 28 heavy (non-hydrogen) atoms. The highest BCUT2D eigenvalue weighted by Gasteiger charge is 2.23. The number of anilines is 1. The first-order valence-corrected chi connectivity index (χ1v) is 10.9. The fourth-order valence-corrected chi connectivity index (χ4v) is 4.82. The fourth-order valence-electron chi connectivity index (χ4n) is 4.82. The van der Waals surface area contributed by atoms with E-state index in [1.807, 2.05) is 12.1 Å². The number of hydrogen-bond donors (Lipinski definition) is 0. The van der Waals surface area contributed by atoms with Gasteiger partial charge in [0.05, 0.1) is 0 Å². The predicted octanol–water partition coefficient (Wildman–Crippen LogP) is 5.43. The van der Waals surface area contributed by atoms with Crippen LogP contribution < -0.4 is 4.90 Å². The summed E-state index contributed by atoms with van der Waals surface area (Å²) in [6.45, 7) is 6.54. The van der Waals surface area contributed by atoms with Crippen LogP contribution in [0.4, 0.5) is 5.69 Å². The molecule has 1 saturated carbocycles. The van der Waals surface area contributed by atoms with E-state index in [4.69, 9.17) is 0 Å². The van der Waals surface area contributed by atoms with Crippen LogP contribution >= 0.6 is 0 Å². The van der Waals surface area contributed by atoms with Crippen molar-refractivity contribution >= 4 is 12.0 Å². The highest BCUT2D eigenvalue weighted by Crippen LogP contribution is 2.33. The van der Waals surface area contributed by atoms with E-state index < -0.39 is 0 Å². The van der Waals surface area contributed by atoms with Crippen molar-refractivity contribution in [2.45, 2.75) is 51.0 Å². The Morgan fingerprint density at radius 2 is 1.50 bits per heavy atom. The zero-order chi connectivity index (χ0) is 19.3. The number of carbonyl (C=O) groups excluding carboxylic acids is 1. The van der Waals surface area contributed by atoms with Crippen LogP contribution in [-0.2, 0) is 0 Å². The van der Waals surface area contributed by atoms with Gasteiger partial charge in [-0.25, -0.2) is 0 Å². The molecule has 0 radical (unpaired) electrons. The maximum atomic E-state index is 10.8. The molecule has 2 aromatic carbocycles. The summed E-state index contributed by atoms with van der Waals surface area (Å²) in [5.74, 6) is 0.784. The van der Waals surface area contributed by atoms with Crippen LogP contribution in [0.15, 0.2) is 48.5 Å². The summed E-state index contributed by atoms with van der Waals surface area (Å²) >= 11 is 0. The monoisotopic (exact) mass is 376 g/mol. The van der Waals surface area contributed by atoms with Gasteiger partial charge in [0.25, 0.3) is 0 Å². The minimum atomic E-state index is 0.458. The zero-order valence-electron chi connectivity index (χ0n) is 17.0. The molecule has 3 nitrogen and oxygen atoms in total. The molecule has 0 N–H and O–H groups in total. The Kier molecular flexibility index (Phi) is 6.11. The van der Waals surface area contributed by atoms with E-state index in [9.17, 15) is 4.79 Å². The standard InChI is InChI=1S/C25H32N2O/c1-20(22-9-11-24(12-10-22)23-5-3-2-4-6-23)26-15-17-27(18-16-26)25-13-7-21(19-28)8-14-25/h7-14,19-20,23H,2-6,15-18H2,1H3. The normalized spacial score (nSPS) is 20.1. The number of carbonyl (C=O) groups is 1. The van der Waals surface area contributed by atoms with Crippen molar-refractivity contribution in [1.82, 2.24) is 4.90 Å². The second kappa shape index (κ2) is 8.91. The van der Waals surface area contributed by atoms with Crippen LogP contribution in [0.2, 0.25) is 0 Å². The third-order valence-corrected chi connectivity index (χ3v) is 6.75. The average Bonchev–Trinajstić information content (AvgIpc) is 2.79. The molecule has 148 valence electrons. The lowest BCUT2D eigenvalue weighted by molar-refractivity contribution is 0.112. The number of aldehydes is 1. The van der Waals surface area contributed by atoms with Crippen molar-refractivity contribution in [3.8, 4) is 0 Å². The van der Waals surface area contributed by atoms with Gasteiger partial charge in [-0.1, -0.05) is 43.5 Å². The van der Waals surface area contributed by atoms with Crippen molar-refractivity contribution < 1.29 is 4.79 Å². The van der Waals surface area contributed by atoms with E-state index in [1.165, 1.54) is 43.4 Å². The van der Waals surface area contributed by atoms with Gasteiger partial charge in [-0.2, -0.15) is 0 Å². The highest BCUT2D eigenvalue weighted by atomic mass is 16.1. The van der Waals surface area contributed by atoms with Crippen LogP contribution in [-0.4, -0.2) is 37.4 Å². The lowest BCUT2D eigenvalue weighted by atomic mass is 9.83. The first-order chi connectivity index (χ1) is 13.7. The summed E-state index contributed by atoms with van der Waals surface area (Å²) in [7, 11) is 0. The Morgan fingerprint density at radius 3 is 2.11 bits per heavy atom. The maximum absolute atomic E-state index is 10.8. The van der Waals surface area contributed by atoms with Gasteiger partial charge in [0.1, 0.15) is 6.29 Å². The predicted molar refractivity (Wildman–Crippen MR) is 116 cm³/mol. The van der Waals surface area contributed by atoms with E-state index >= 15 is 0 Å². The molecule has 0 bridgehead atoms. The van der Waals surface area contributed by atoms with Crippen LogP contribution in [0.3, 0.4) is 0 Å². The third kappa shape index (κ3) is 4.30. The second-order valence-electron chi connectivity index (χ2n) is 8.41. The third-order valence-electron chi connectivity index (χ3n) is 6.75. The zero-order valence-corrected chi connectivity index (χ0v) is 17.0. The molecule has 0 amide bonds. The van der Waals surface area contributed by atoms with E-state index in [-0.39, 0.29) is 0 Å². The Morgan fingerprint density at radius 1 is 0.857 bits per heavy atom. The topological polar surface area (TPSA) is 23.6 Å². The largest absolute Gasteiger partial charge is 0.369 e. The van der Waals surface area contributed by atoms with Gasteiger partial charge in [0.15, 0.2) is 0 Å². The maximum Gasteiger partial charge on any atom is 0.150 e. The van der Waals surface area contributed by atoms with Crippen molar-refractivity contribution in [2.75, 3.05) is 31.1 Å². The summed E-state index contributed by atoms with van der Waals surface area (Å²) in [6.07, 6.45) is 7.84. The molecule has 2 aromatic rings. The molecule has 0 spiro atoms. The molecular formula is C25H32N2O. The second-order valence-corrected chi connectivity index (χ2v) is 8.41. The quantitative estimate of drug-likeness (QED) is 0.650. The van der Waals surface area contributed by atoms with E-state index in [0.29, 0.717) is 6.04 Å². The van der Waals surface area contributed by atoms with Crippen LogP contribution in [0.25, 0.3) is 0 Å². The van der Waals surface area contributed by atoms with E-state index in [1.54, 1.807) is 5.56 Å². The smallest absolute Gasteiger partial charge is 0.150 e. The van der Waals surface area contributed by atoms with Gasteiger partial charge in [0.2, 0.25) is 0 Å². The van der Waals surface area contributed by atoms with Gasteiger partial charge in [-0.15, -0.1) is 0 Å². The molecular weight excluding hydrogens is 344 g/mol. The molecule has 4 rings (SSSR count).